The fourth-order valence-corrected chi connectivity index (χ4v) is 1.50. The molecule has 0 spiro atoms. The van der Waals surface area contributed by atoms with Crippen LogP contribution in [0.15, 0.2) is 30.5 Å². The van der Waals surface area contributed by atoms with E-state index in [9.17, 15) is 9.59 Å². The molecule has 1 aliphatic heterocycles. The van der Waals surface area contributed by atoms with E-state index >= 15 is 0 Å². The molecule has 16 heavy (non-hydrogen) atoms. The Morgan fingerprint density at radius 1 is 1.06 bits per heavy atom. The van der Waals surface area contributed by atoms with Crippen LogP contribution in [0.3, 0.4) is 0 Å². The highest BCUT2D eigenvalue weighted by atomic mass is 16.4. The number of carboxylic acid groups (broad SMARTS) is 2. The highest BCUT2D eigenvalue weighted by molar-refractivity contribution is 5.94. The summed E-state index contributed by atoms with van der Waals surface area (Å²) in [6.07, 6.45) is 0.0363. The number of carbonyl (C=O) groups is 2. The lowest BCUT2D eigenvalue weighted by atomic mass is 10.1. The molecule has 6 heteroatoms. The van der Waals surface area contributed by atoms with Gasteiger partial charge >= 0.3 is 12.2 Å². The van der Waals surface area contributed by atoms with Crippen molar-refractivity contribution < 1.29 is 19.8 Å². The predicted molar refractivity (Wildman–Crippen MR) is 55.8 cm³/mol. The summed E-state index contributed by atoms with van der Waals surface area (Å²) in [6, 6.07) is 6.65. The van der Waals surface area contributed by atoms with Crippen LogP contribution in [0.25, 0.3) is 6.08 Å². The Morgan fingerprint density at radius 2 is 1.75 bits per heavy atom. The molecule has 1 heterocycles. The molecule has 0 saturated heterocycles. The van der Waals surface area contributed by atoms with Crippen LogP contribution < -0.4 is 5.01 Å². The molecule has 82 valence electrons. The molecule has 6 nitrogen and oxygen atoms in total. The molecule has 0 radical (unpaired) electrons. The lowest BCUT2D eigenvalue weighted by Crippen LogP contribution is -2.47. The summed E-state index contributed by atoms with van der Waals surface area (Å²) in [5.74, 6) is 0. The van der Waals surface area contributed by atoms with E-state index in [4.69, 9.17) is 10.2 Å². The van der Waals surface area contributed by atoms with Crippen LogP contribution in [-0.2, 0) is 0 Å². The molecule has 0 saturated carbocycles. The second-order valence-corrected chi connectivity index (χ2v) is 3.10. The maximum absolute atomic E-state index is 11.0. The molecule has 0 unspecified atom stereocenters. The van der Waals surface area contributed by atoms with Crippen LogP contribution in [0.2, 0.25) is 0 Å². The van der Waals surface area contributed by atoms with Crippen molar-refractivity contribution in [2.45, 2.75) is 0 Å². The molecular formula is C10H8N2O4. The predicted octanol–water partition coefficient (Wildman–Crippen LogP) is 2.05. The highest BCUT2D eigenvalue weighted by Gasteiger charge is 2.29. The van der Waals surface area contributed by atoms with E-state index < -0.39 is 12.2 Å². The summed E-state index contributed by atoms with van der Waals surface area (Å²) in [7, 11) is 0. The first-order chi connectivity index (χ1) is 7.61. The van der Waals surface area contributed by atoms with Gasteiger partial charge in [0.15, 0.2) is 0 Å². The van der Waals surface area contributed by atoms with Gasteiger partial charge in [0, 0.05) is 11.8 Å². The largest absolute Gasteiger partial charge is 0.463 e. The number of nitrogens with zero attached hydrogens (tertiary/aromatic N) is 2. The Balaban J connectivity index is 2.54. The second-order valence-electron chi connectivity index (χ2n) is 3.10. The number of anilines is 1. The average molecular weight is 220 g/mol. The van der Waals surface area contributed by atoms with Crippen LogP contribution in [0.1, 0.15) is 5.56 Å². The summed E-state index contributed by atoms with van der Waals surface area (Å²) in [5, 5.41) is 19.1. The molecule has 0 atom stereocenters. The van der Waals surface area contributed by atoms with Gasteiger partial charge in [0.2, 0.25) is 0 Å². The molecule has 1 aromatic carbocycles. The monoisotopic (exact) mass is 220 g/mol. The molecule has 1 aromatic rings. The fourth-order valence-electron chi connectivity index (χ4n) is 1.50. The standard InChI is InChI=1S/C10H8N2O4/c13-9(14)11-6-5-7-3-1-2-4-8(7)12(11)10(15)16/h1-6H,(H,13,14)(H,15,16). The van der Waals surface area contributed by atoms with Gasteiger partial charge in [-0.25, -0.2) is 9.59 Å². The van der Waals surface area contributed by atoms with Crippen molar-refractivity contribution in [2.24, 2.45) is 0 Å². The van der Waals surface area contributed by atoms with Gasteiger partial charge < -0.3 is 10.2 Å². The van der Waals surface area contributed by atoms with E-state index in [0.717, 1.165) is 0 Å². The van der Waals surface area contributed by atoms with Crippen molar-refractivity contribution in [2.75, 3.05) is 5.01 Å². The molecule has 0 bridgehead atoms. The zero-order valence-electron chi connectivity index (χ0n) is 8.07. The zero-order valence-corrected chi connectivity index (χ0v) is 8.07. The van der Waals surface area contributed by atoms with Crippen molar-refractivity contribution in [3.05, 3.63) is 36.0 Å². The van der Waals surface area contributed by atoms with Gasteiger partial charge in [-0.3, -0.25) is 0 Å². The number of hydrogen-bond acceptors (Lipinski definition) is 2. The van der Waals surface area contributed by atoms with Crippen molar-refractivity contribution in [1.29, 1.82) is 0 Å². The minimum Gasteiger partial charge on any atom is -0.463 e. The number of benzene rings is 1. The van der Waals surface area contributed by atoms with Gasteiger partial charge in [-0.05, 0) is 12.1 Å². The van der Waals surface area contributed by atoms with E-state index in [1.54, 1.807) is 30.3 Å². The Hall–Kier alpha value is -2.50. The number of para-hydroxylation sites is 1. The van der Waals surface area contributed by atoms with Gasteiger partial charge in [-0.1, -0.05) is 18.2 Å². The van der Waals surface area contributed by atoms with E-state index in [0.29, 0.717) is 21.3 Å². The van der Waals surface area contributed by atoms with Crippen LogP contribution in [-0.4, -0.2) is 27.4 Å². The average Bonchev–Trinajstić information content (AvgIpc) is 2.27. The Morgan fingerprint density at radius 3 is 2.38 bits per heavy atom. The third kappa shape index (κ3) is 1.46. The van der Waals surface area contributed by atoms with Crippen LogP contribution in [0.5, 0.6) is 0 Å². The Labute approximate surface area is 90.6 Å². The van der Waals surface area contributed by atoms with Crippen LogP contribution in [0, 0.1) is 0 Å². The van der Waals surface area contributed by atoms with E-state index in [-0.39, 0.29) is 0 Å². The molecule has 0 fully saturated rings. The second kappa shape index (κ2) is 3.58. The van der Waals surface area contributed by atoms with E-state index in [2.05, 4.69) is 0 Å². The summed E-state index contributed by atoms with van der Waals surface area (Å²) in [4.78, 5) is 21.9. The van der Waals surface area contributed by atoms with Gasteiger partial charge in [0.05, 0.1) is 5.69 Å². The summed E-state index contributed by atoms with van der Waals surface area (Å²) < 4.78 is 0. The first-order valence-electron chi connectivity index (χ1n) is 4.43. The van der Waals surface area contributed by atoms with Crippen LogP contribution >= 0.6 is 0 Å². The smallest absolute Gasteiger partial charge is 0.431 e. The minimum absolute atomic E-state index is 0.319. The van der Waals surface area contributed by atoms with E-state index in [1.165, 1.54) is 6.20 Å². The molecule has 0 aliphatic carbocycles. The molecule has 2 N–H and O–H groups in total. The quantitative estimate of drug-likeness (QED) is 0.701. The third-order valence-electron chi connectivity index (χ3n) is 2.15. The van der Waals surface area contributed by atoms with Crippen molar-refractivity contribution in [1.82, 2.24) is 5.01 Å². The fraction of sp³-hybridized carbons (Fsp3) is 0. The number of hydrogen-bond donors (Lipinski definition) is 2. The summed E-state index contributed by atoms with van der Waals surface area (Å²) in [5.41, 5.74) is 0.974. The zero-order chi connectivity index (χ0) is 11.7. The minimum atomic E-state index is -1.35. The molecular weight excluding hydrogens is 212 g/mol. The third-order valence-corrected chi connectivity index (χ3v) is 2.15. The van der Waals surface area contributed by atoms with Gasteiger partial charge in [-0.2, -0.15) is 10.0 Å². The topological polar surface area (TPSA) is 81.1 Å². The number of amides is 2. The maximum Gasteiger partial charge on any atom is 0.431 e. The molecule has 2 rings (SSSR count). The number of rotatable bonds is 0. The van der Waals surface area contributed by atoms with Crippen LogP contribution in [0.4, 0.5) is 15.3 Å². The van der Waals surface area contributed by atoms with Gasteiger partial charge in [0.1, 0.15) is 0 Å². The Kier molecular flexibility index (Phi) is 2.24. The Bertz CT molecular complexity index is 483. The van der Waals surface area contributed by atoms with E-state index in [1.807, 2.05) is 0 Å². The van der Waals surface area contributed by atoms with Crippen molar-refractivity contribution in [3.8, 4) is 0 Å². The number of hydrazine groups is 1. The summed E-state index contributed by atoms with van der Waals surface area (Å²) >= 11 is 0. The first-order valence-corrected chi connectivity index (χ1v) is 4.43. The van der Waals surface area contributed by atoms with Gasteiger partial charge in [0.25, 0.3) is 0 Å². The molecule has 1 aliphatic rings. The van der Waals surface area contributed by atoms with Crippen molar-refractivity contribution >= 4 is 23.9 Å². The maximum atomic E-state index is 11.0. The number of fused-ring (bicyclic) bond motifs is 1. The van der Waals surface area contributed by atoms with Crippen molar-refractivity contribution in [3.63, 3.8) is 0 Å². The lowest BCUT2D eigenvalue weighted by Gasteiger charge is -2.31. The SMILES string of the molecule is O=C(O)N1C=Cc2ccccc2N1C(=O)O. The lowest BCUT2D eigenvalue weighted by molar-refractivity contribution is 0.147. The molecule has 2 amide bonds. The van der Waals surface area contributed by atoms with Gasteiger partial charge in [-0.15, -0.1) is 0 Å². The summed E-state index contributed by atoms with van der Waals surface area (Å²) in [6.45, 7) is 0. The molecule has 0 aromatic heterocycles. The normalized spacial score (nSPS) is 13.5. The first kappa shape index (κ1) is 10.0. The highest BCUT2D eigenvalue weighted by Crippen LogP contribution is 2.27.